The van der Waals surface area contributed by atoms with Crippen molar-refractivity contribution in [1.82, 2.24) is 10.4 Å². The van der Waals surface area contributed by atoms with E-state index in [2.05, 4.69) is 15.5 Å². The van der Waals surface area contributed by atoms with Gasteiger partial charge in [0, 0.05) is 33.6 Å². The molecule has 0 saturated carbocycles. The van der Waals surface area contributed by atoms with E-state index in [1.165, 1.54) is 0 Å². The van der Waals surface area contributed by atoms with Crippen LogP contribution in [0.5, 0.6) is 5.75 Å². The summed E-state index contributed by atoms with van der Waals surface area (Å²) in [6.07, 6.45) is 4.85. The van der Waals surface area contributed by atoms with Gasteiger partial charge in [-0.3, -0.25) is 9.78 Å². The van der Waals surface area contributed by atoms with E-state index in [0.29, 0.717) is 28.0 Å². The van der Waals surface area contributed by atoms with Gasteiger partial charge in [0.05, 0.1) is 6.21 Å². The number of amides is 1. The lowest BCUT2D eigenvalue weighted by Gasteiger charge is -2.08. The molecular weight excluding hydrogens is 385 g/mol. The minimum absolute atomic E-state index is 0.303. The molecule has 1 amide bonds. The third-order valence-corrected chi connectivity index (χ3v) is 4.20. The summed E-state index contributed by atoms with van der Waals surface area (Å²) in [6, 6.07) is 15.6. The Morgan fingerprint density at radius 2 is 1.81 bits per heavy atom. The fourth-order valence-electron chi connectivity index (χ4n) is 2.18. The number of carbonyl (C=O) groups excluding carboxylic acids is 1. The van der Waals surface area contributed by atoms with Gasteiger partial charge >= 0.3 is 0 Å². The summed E-state index contributed by atoms with van der Waals surface area (Å²) >= 11 is 12.0. The highest BCUT2D eigenvalue weighted by Gasteiger charge is 2.06. The molecule has 1 aromatic heterocycles. The molecule has 5 nitrogen and oxygen atoms in total. The first-order valence-corrected chi connectivity index (χ1v) is 8.77. The molecule has 3 aromatic rings. The van der Waals surface area contributed by atoms with E-state index in [-0.39, 0.29) is 5.91 Å². The van der Waals surface area contributed by atoms with Crippen molar-refractivity contribution in [2.24, 2.45) is 5.10 Å². The third-order valence-electron chi connectivity index (χ3n) is 3.61. The molecule has 136 valence electrons. The number of hydrogen-bond acceptors (Lipinski definition) is 4. The second-order valence-electron chi connectivity index (χ2n) is 5.53. The van der Waals surface area contributed by atoms with Gasteiger partial charge in [-0.05, 0) is 54.1 Å². The number of carbonyl (C=O) groups is 1. The average Bonchev–Trinajstić information content (AvgIpc) is 2.68. The Labute approximate surface area is 166 Å². The molecule has 0 spiro atoms. The zero-order valence-corrected chi connectivity index (χ0v) is 15.6. The van der Waals surface area contributed by atoms with Crippen molar-refractivity contribution in [2.75, 3.05) is 0 Å². The van der Waals surface area contributed by atoms with E-state index in [0.717, 1.165) is 11.1 Å². The van der Waals surface area contributed by atoms with Gasteiger partial charge in [0.15, 0.2) is 0 Å². The number of rotatable bonds is 6. The first-order valence-electron chi connectivity index (χ1n) is 8.02. The first kappa shape index (κ1) is 18.9. The minimum atomic E-state index is -0.312. The summed E-state index contributed by atoms with van der Waals surface area (Å²) < 4.78 is 5.69. The first-order chi connectivity index (χ1) is 13.1. The summed E-state index contributed by atoms with van der Waals surface area (Å²) in [6.45, 7) is 0.303. The predicted molar refractivity (Wildman–Crippen MR) is 107 cm³/mol. The fourth-order valence-corrected chi connectivity index (χ4v) is 2.64. The van der Waals surface area contributed by atoms with Crippen LogP contribution in [0.2, 0.25) is 10.0 Å². The Kier molecular flexibility index (Phi) is 6.41. The molecule has 0 fully saturated rings. The average molecular weight is 400 g/mol. The number of nitrogens with zero attached hydrogens (tertiary/aromatic N) is 2. The Morgan fingerprint density at radius 3 is 2.52 bits per heavy atom. The molecule has 0 bridgehead atoms. The Bertz CT molecular complexity index is 945. The molecule has 7 heteroatoms. The minimum Gasteiger partial charge on any atom is -0.489 e. The number of hydrogen-bond donors (Lipinski definition) is 1. The third kappa shape index (κ3) is 5.54. The van der Waals surface area contributed by atoms with Crippen LogP contribution in [0.1, 0.15) is 21.5 Å². The number of ether oxygens (including phenoxy) is 1. The van der Waals surface area contributed by atoms with E-state index >= 15 is 0 Å². The maximum atomic E-state index is 12.1. The fraction of sp³-hybridized carbons (Fsp3) is 0.0500. The second-order valence-corrected chi connectivity index (χ2v) is 6.37. The van der Waals surface area contributed by atoms with Crippen LogP contribution >= 0.6 is 23.2 Å². The molecule has 3 rings (SSSR count). The smallest absolute Gasteiger partial charge is 0.271 e. The van der Waals surface area contributed by atoms with Crippen LogP contribution in [0, 0.1) is 0 Å². The van der Waals surface area contributed by atoms with E-state index in [1.807, 2.05) is 6.07 Å². The molecule has 0 unspecified atom stereocenters. The van der Waals surface area contributed by atoms with Crippen LogP contribution in [0.15, 0.2) is 72.1 Å². The normalized spacial score (nSPS) is 10.7. The Hall–Kier alpha value is -2.89. The number of aromatic nitrogens is 1. The molecule has 0 aliphatic rings. The van der Waals surface area contributed by atoms with Crippen molar-refractivity contribution in [3.05, 3.63) is 93.7 Å². The van der Waals surface area contributed by atoms with Crippen molar-refractivity contribution in [3.63, 3.8) is 0 Å². The number of nitrogens with one attached hydrogen (secondary N) is 1. The highest BCUT2D eigenvalue weighted by atomic mass is 35.5. The summed E-state index contributed by atoms with van der Waals surface area (Å²) in [5.74, 6) is 0.311. The van der Waals surface area contributed by atoms with Gasteiger partial charge in [-0.15, -0.1) is 0 Å². The molecule has 0 radical (unpaired) electrons. The van der Waals surface area contributed by atoms with E-state index in [9.17, 15) is 4.79 Å². The second kappa shape index (κ2) is 9.16. The summed E-state index contributed by atoms with van der Waals surface area (Å²) in [4.78, 5) is 16.0. The molecule has 1 heterocycles. The largest absolute Gasteiger partial charge is 0.489 e. The van der Waals surface area contributed by atoms with Crippen molar-refractivity contribution >= 4 is 35.3 Å². The van der Waals surface area contributed by atoms with Gasteiger partial charge in [0.1, 0.15) is 12.4 Å². The molecule has 0 aliphatic carbocycles. The lowest BCUT2D eigenvalue weighted by atomic mass is 10.2. The molecular formula is C20H15Cl2N3O2. The van der Waals surface area contributed by atoms with E-state index in [4.69, 9.17) is 27.9 Å². The number of halogens is 2. The van der Waals surface area contributed by atoms with Crippen molar-refractivity contribution < 1.29 is 9.53 Å². The van der Waals surface area contributed by atoms with Gasteiger partial charge in [0.2, 0.25) is 0 Å². The lowest BCUT2D eigenvalue weighted by molar-refractivity contribution is 0.0955. The number of pyridine rings is 1. The summed E-state index contributed by atoms with van der Waals surface area (Å²) in [7, 11) is 0. The molecule has 27 heavy (non-hydrogen) atoms. The molecule has 2 aromatic carbocycles. The van der Waals surface area contributed by atoms with Crippen LogP contribution in [-0.2, 0) is 6.61 Å². The van der Waals surface area contributed by atoms with Crippen molar-refractivity contribution in [1.29, 1.82) is 0 Å². The Morgan fingerprint density at radius 1 is 1.07 bits per heavy atom. The topological polar surface area (TPSA) is 63.6 Å². The predicted octanol–water partition coefficient (Wildman–Crippen LogP) is 4.73. The van der Waals surface area contributed by atoms with Crippen LogP contribution in [0.3, 0.4) is 0 Å². The summed E-state index contributed by atoms with van der Waals surface area (Å²) in [5, 5.41) is 5.05. The zero-order valence-electron chi connectivity index (χ0n) is 14.1. The molecule has 0 saturated heterocycles. The van der Waals surface area contributed by atoms with Crippen LogP contribution in [-0.4, -0.2) is 17.1 Å². The van der Waals surface area contributed by atoms with Crippen molar-refractivity contribution in [3.8, 4) is 5.75 Å². The van der Waals surface area contributed by atoms with Gasteiger partial charge < -0.3 is 4.74 Å². The highest BCUT2D eigenvalue weighted by Crippen LogP contribution is 2.22. The maximum Gasteiger partial charge on any atom is 0.271 e. The zero-order chi connectivity index (χ0) is 19.1. The van der Waals surface area contributed by atoms with E-state index in [1.54, 1.807) is 67.1 Å². The molecule has 1 N–H and O–H groups in total. The monoisotopic (exact) mass is 399 g/mol. The number of hydrazone groups is 1. The van der Waals surface area contributed by atoms with E-state index < -0.39 is 0 Å². The van der Waals surface area contributed by atoms with Gasteiger partial charge in [-0.1, -0.05) is 29.3 Å². The highest BCUT2D eigenvalue weighted by molar-refractivity contribution is 6.35. The summed E-state index contributed by atoms with van der Waals surface area (Å²) in [5.41, 5.74) is 4.62. The lowest BCUT2D eigenvalue weighted by Crippen LogP contribution is -2.17. The van der Waals surface area contributed by atoms with Crippen LogP contribution in [0.4, 0.5) is 0 Å². The SMILES string of the molecule is O=C(N/N=C/c1ccncc1)c1ccc(OCc2ccc(Cl)cc2Cl)cc1. The molecule has 0 aliphatic heterocycles. The molecule has 0 atom stereocenters. The number of benzene rings is 2. The Balaban J connectivity index is 1.54. The maximum absolute atomic E-state index is 12.1. The standard InChI is InChI=1S/C20H15Cl2N3O2/c21-17-4-1-16(19(22)11-17)13-27-18-5-2-15(3-6-18)20(26)25-24-12-14-7-9-23-10-8-14/h1-12H,13H2,(H,25,26)/b24-12+. The van der Waals surface area contributed by atoms with Crippen molar-refractivity contribution in [2.45, 2.75) is 6.61 Å². The quantitative estimate of drug-likeness (QED) is 0.481. The van der Waals surface area contributed by atoms with Crippen LogP contribution < -0.4 is 10.2 Å². The van der Waals surface area contributed by atoms with Gasteiger partial charge in [0.25, 0.3) is 5.91 Å². The van der Waals surface area contributed by atoms with Gasteiger partial charge in [-0.2, -0.15) is 5.10 Å². The van der Waals surface area contributed by atoms with Gasteiger partial charge in [-0.25, -0.2) is 5.43 Å². The van der Waals surface area contributed by atoms with Crippen LogP contribution in [0.25, 0.3) is 0 Å².